The van der Waals surface area contributed by atoms with Crippen molar-refractivity contribution in [2.24, 2.45) is 0 Å². The lowest BCUT2D eigenvalue weighted by atomic mass is 10.1. The number of para-hydroxylation sites is 1. The van der Waals surface area contributed by atoms with Crippen LogP contribution in [0.5, 0.6) is 5.75 Å². The molecule has 0 amide bonds. The molecule has 4 aromatic rings. The van der Waals surface area contributed by atoms with E-state index in [1.807, 2.05) is 12.1 Å². The number of aryl methyl sites for hydroxylation is 2. The zero-order chi connectivity index (χ0) is 30.7. The lowest BCUT2D eigenvalue weighted by molar-refractivity contribution is -0.170. The number of ether oxygens (including phenoxy) is 2. The average Bonchev–Trinajstić information content (AvgIpc) is 3.32. The molecule has 0 saturated carbocycles. The van der Waals surface area contributed by atoms with Gasteiger partial charge in [-0.2, -0.15) is 13.2 Å². The summed E-state index contributed by atoms with van der Waals surface area (Å²) in [6.07, 6.45) is -2.72. The molecule has 0 bridgehead atoms. The van der Waals surface area contributed by atoms with E-state index in [1.165, 1.54) is 22.9 Å². The highest BCUT2D eigenvalue weighted by Crippen LogP contribution is 2.31. The van der Waals surface area contributed by atoms with Gasteiger partial charge in [-0.15, -0.1) is 5.10 Å². The monoisotopic (exact) mass is 583 g/mol. The van der Waals surface area contributed by atoms with Crippen LogP contribution in [0.2, 0.25) is 0 Å². The Morgan fingerprint density at radius 1 is 0.857 bits per heavy atom. The molecule has 4 rings (SSSR count). The van der Waals surface area contributed by atoms with Crippen molar-refractivity contribution in [2.45, 2.75) is 71.3 Å². The van der Waals surface area contributed by atoms with E-state index in [0.29, 0.717) is 36.4 Å². The standard InChI is InChI=1S/C32H33F4N3O3/c1-30(2,3)42-29(40)31(4,5)41-24-19-13-21(14-20-24)9-8-12-27-37-28(22-15-17-23(18-16-22)32(34,35)36)38-39(27)26-11-7-6-10-25(26)33/h6-7,10-11,13-20H,8-9,12H2,1-5H3. The zero-order valence-electron chi connectivity index (χ0n) is 24.1. The average molecular weight is 584 g/mol. The zero-order valence-corrected chi connectivity index (χ0v) is 24.1. The number of esters is 1. The van der Waals surface area contributed by atoms with Crippen molar-refractivity contribution in [1.29, 1.82) is 0 Å². The van der Waals surface area contributed by atoms with Gasteiger partial charge in [0.25, 0.3) is 0 Å². The minimum Gasteiger partial charge on any atom is -0.476 e. The van der Waals surface area contributed by atoms with Gasteiger partial charge in [0.15, 0.2) is 11.4 Å². The predicted octanol–water partition coefficient (Wildman–Crippen LogP) is 7.77. The Balaban J connectivity index is 1.47. The molecule has 0 spiro atoms. The molecular formula is C32H33F4N3O3. The quantitative estimate of drug-likeness (QED) is 0.149. The third kappa shape index (κ3) is 7.74. The molecule has 0 atom stereocenters. The third-order valence-electron chi connectivity index (χ3n) is 6.28. The number of hydrogen-bond acceptors (Lipinski definition) is 5. The molecular weight excluding hydrogens is 550 g/mol. The van der Waals surface area contributed by atoms with Crippen LogP contribution in [0, 0.1) is 5.82 Å². The second-order valence-corrected chi connectivity index (χ2v) is 11.4. The summed E-state index contributed by atoms with van der Waals surface area (Å²) in [4.78, 5) is 17.1. The van der Waals surface area contributed by atoms with Gasteiger partial charge in [-0.3, -0.25) is 0 Å². The number of halogens is 4. The first-order valence-electron chi connectivity index (χ1n) is 13.5. The fraction of sp³-hybridized carbons (Fsp3) is 0.344. The summed E-state index contributed by atoms with van der Waals surface area (Å²) in [6, 6.07) is 18.0. The van der Waals surface area contributed by atoms with Crippen LogP contribution in [0.1, 0.15) is 58.0 Å². The Hall–Kier alpha value is -4.21. The van der Waals surface area contributed by atoms with Crippen molar-refractivity contribution in [2.75, 3.05) is 0 Å². The van der Waals surface area contributed by atoms with E-state index in [9.17, 15) is 22.4 Å². The number of carbonyl (C=O) groups is 1. The van der Waals surface area contributed by atoms with Crippen molar-refractivity contribution in [3.8, 4) is 22.8 Å². The summed E-state index contributed by atoms with van der Waals surface area (Å²) in [5.41, 5.74) is -0.967. The number of nitrogens with zero attached hydrogens (tertiary/aromatic N) is 3. The maximum absolute atomic E-state index is 14.7. The predicted molar refractivity (Wildman–Crippen MR) is 151 cm³/mol. The van der Waals surface area contributed by atoms with Gasteiger partial charge in [-0.1, -0.05) is 36.4 Å². The highest BCUT2D eigenvalue weighted by Gasteiger charge is 2.35. The summed E-state index contributed by atoms with van der Waals surface area (Å²) in [5.74, 6) is 0.251. The van der Waals surface area contributed by atoms with E-state index >= 15 is 0 Å². The first-order valence-corrected chi connectivity index (χ1v) is 13.5. The molecule has 222 valence electrons. The van der Waals surface area contributed by atoms with Crippen LogP contribution in [-0.4, -0.2) is 31.9 Å². The highest BCUT2D eigenvalue weighted by atomic mass is 19.4. The van der Waals surface area contributed by atoms with Crippen LogP contribution in [0.4, 0.5) is 17.6 Å². The summed E-state index contributed by atoms with van der Waals surface area (Å²) >= 11 is 0. The number of rotatable bonds is 9. The van der Waals surface area contributed by atoms with Crippen molar-refractivity contribution in [3.05, 3.63) is 95.6 Å². The number of benzene rings is 3. The van der Waals surface area contributed by atoms with Crippen LogP contribution >= 0.6 is 0 Å². The van der Waals surface area contributed by atoms with Crippen molar-refractivity contribution >= 4 is 5.97 Å². The normalized spacial score (nSPS) is 12.3. The molecule has 0 aliphatic heterocycles. The van der Waals surface area contributed by atoms with Gasteiger partial charge in [0.2, 0.25) is 0 Å². The number of hydrogen-bond donors (Lipinski definition) is 0. The highest BCUT2D eigenvalue weighted by molar-refractivity contribution is 5.79. The van der Waals surface area contributed by atoms with Gasteiger partial charge in [0.1, 0.15) is 28.7 Å². The maximum atomic E-state index is 14.7. The van der Waals surface area contributed by atoms with Crippen LogP contribution < -0.4 is 4.74 Å². The van der Waals surface area contributed by atoms with Gasteiger partial charge >= 0.3 is 12.1 Å². The molecule has 0 saturated heterocycles. The van der Waals surface area contributed by atoms with Crippen molar-refractivity contribution < 1.29 is 31.8 Å². The van der Waals surface area contributed by atoms with Crippen molar-refractivity contribution in [1.82, 2.24) is 14.8 Å². The molecule has 0 N–H and O–H groups in total. The Morgan fingerprint density at radius 3 is 2.10 bits per heavy atom. The first-order chi connectivity index (χ1) is 19.6. The van der Waals surface area contributed by atoms with Gasteiger partial charge < -0.3 is 9.47 Å². The lowest BCUT2D eigenvalue weighted by Crippen LogP contribution is -2.43. The molecule has 0 radical (unpaired) electrons. The van der Waals surface area contributed by atoms with Crippen molar-refractivity contribution in [3.63, 3.8) is 0 Å². The Labute approximate surface area is 242 Å². The van der Waals surface area contributed by atoms with Crippen LogP contribution in [0.15, 0.2) is 72.8 Å². The van der Waals surface area contributed by atoms with Crippen LogP contribution in [0.3, 0.4) is 0 Å². The smallest absolute Gasteiger partial charge is 0.416 e. The van der Waals surface area contributed by atoms with Gasteiger partial charge in [0, 0.05) is 12.0 Å². The summed E-state index contributed by atoms with van der Waals surface area (Å²) in [6.45, 7) is 8.69. The van der Waals surface area contributed by atoms with E-state index in [2.05, 4.69) is 10.1 Å². The fourth-order valence-corrected chi connectivity index (χ4v) is 4.17. The molecule has 1 aromatic heterocycles. The minimum atomic E-state index is -4.46. The summed E-state index contributed by atoms with van der Waals surface area (Å²) in [5, 5.41) is 4.44. The third-order valence-corrected chi connectivity index (χ3v) is 6.28. The van der Waals surface area contributed by atoms with E-state index < -0.39 is 34.7 Å². The second kappa shape index (κ2) is 12.0. The molecule has 0 fully saturated rings. The SMILES string of the molecule is CC(C)(C)OC(=O)C(C)(C)Oc1ccc(CCCc2nc(-c3ccc(C(F)(F)F)cc3)nn2-c2ccccc2F)cc1. The van der Waals surface area contributed by atoms with Gasteiger partial charge in [-0.25, -0.2) is 18.9 Å². The summed E-state index contributed by atoms with van der Waals surface area (Å²) in [7, 11) is 0. The largest absolute Gasteiger partial charge is 0.476 e. The topological polar surface area (TPSA) is 66.2 Å². The Bertz CT molecular complexity index is 1520. The maximum Gasteiger partial charge on any atom is 0.416 e. The van der Waals surface area contributed by atoms with Crippen LogP contribution in [0.25, 0.3) is 17.1 Å². The van der Waals surface area contributed by atoms with Gasteiger partial charge in [0.05, 0.1) is 5.56 Å². The molecule has 0 aliphatic rings. The fourth-order valence-electron chi connectivity index (χ4n) is 4.17. The molecule has 0 unspecified atom stereocenters. The molecule has 1 heterocycles. The lowest BCUT2D eigenvalue weighted by Gasteiger charge is -2.29. The Kier molecular flexibility index (Phi) is 8.75. The molecule has 6 nitrogen and oxygen atoms in total. The number of carbonyl (C=O) groups excluding carboxylic acids is 1. The minimum absolute atomic E-state index is 0.201. The number of alkyl halides is 3. The molecule has 42 heavy (non-hydrogen) atoms. The van der Waals surface area contributed by atoms with E-state index in [0.717, 1.165) is 17.7 Å². The van der Waals surface area contributed by atoms with E-state index in [1.54, 1.807) is 65.0 Å². The van der Waals surface area contributed by atoms with Gasteiger partial charge in [-0.05, 0) is 89.4 Å². The van der Waals surface area contributed by atoms with E-state index in [4.69, 9.17) is 9.47 Å². The Morgan fingerprint density at radius 2 is 1.50 bits per heavy atom. The molecule has 3 aromatic carbocycles. The second-order valence-electron chi connectivity index (χ2n) is 11.4. The van der Waals surface area contributed by atoms with Crippen LogP contribution in [-0.2, 0) is 28.5 Å². The first kappa shape index (κ1) is 30.7. The summed E-state index contributed by atoms with van der Waals surface area (Å²) < 4.78 is 66.4. The number of aromatic nitrogens is 3. The molecule has 0 aliphatic carbocycles. The molecule has 10 heteroatoms. The van der Waals surface area contributed by atoms with E-state index in [-0.39, 0.29) is 11.5 Å².